The molecule has 0 aromatic heterocycles. The summed E-state index contributed by atoms with van der Waals surface area (Å²) in [5.41, 5.74) is 6.16. The van der Waals surface area contributed by atoms with E-state index in [1.54, 1.807) is 0 Å². The summed E-state index contributed by atoms with van der Waals surface area (Å²) in [6.45, 7) is 4.65. The molecule has 0 heterocycles. The molecular weight excluding hydrogens is 195 g/mol. The van der Waals surface area contributed by atoms with Crippen molar-refractivity contribution in [1.82, 2.24) is 0 Å². The summed E-state index contributed by atoms with van der Waals surface area (Å²) < 4.78 is 13.0. The van der Waals surface area contributed by atoms with Crippen LogP contribution in [0.5, 0.6) is 5.75 Å². The molecule has 1 aromatic carbocycles. The van der Waals surface area contributed by atoms with Crippen molar-refractivity contribution in [3.05, 3.63) is 29.6 Å². The highest BCUT2D eigenvalue weighted by Gasteiger charge is 2.04. The standard InChI is InChI=1S/C11H15FN2O/c1-7(2)6-14-11(13)8-3-4-10(15)9(12)5-8/h3-5,7,15H,6H2,1-2H3,(H2,13,14). The maximum atomic E-state index is 13.0. The molecule has 0 fully saturated rings. The maximum absolute atomic E-state index is 13.0. The highest BCUT2D eigenvalue weighted by Crippen LogP contribution is 2.15. The second kappa shape index (κ2) is 4.77. The van der Waals surface area contributed by atoms with Crippen LogP contribution < -0.4 is 5.73 Å². The van der Waals surface area contributed by atoms with Gasteiger partial charge in [-0.2, -0.15) is 0 Å². The molecule has 3 N–H and O–H groups in total. The van der Waals surface area contributed by atoms with Gasteiger partial charge < -0.3 is 10.8 Å². The van der Waals surface area contributed by atoms with Gasteiger partial charge in [-0.1, -0.05) is 13.8 Å². The monoisotopic (exact) mass is 210 g/mol. The number of hydrogen-bond acceptors (Lipinski definition) is 2. The largest absolute Gasteiger partial charge is 0.505 e. The highest BCUT2D eigenvalue weighted by atomic mass is 19.1. The van der Waals surface area contributed by atoms with Gasteiger partial charge in [0.15, 0.2) is 11.6 Å². The van der Waals surface area contributed by atoms with E-state index >= 15 is 0 Å². The zero-order valence-corrected chi connectivity index (χ0v) is 8.87. The number of hydrogen-bond donors (Lipinski definition) is 2. The molecule has 82 valence electrons. The Labute approximate surface area is 88.5 Å². The van der Waals surface area contributed by atoms with Gasteiger partial charge in [0.05, 0.1) is 0 Å². The van der Waals surface area contributed by atoms with Gasteiger partial charge >= 0.3 is 0 Å². The molecular formula is C11H15FN2O. The molecule has 0 aliphatic carbocycles. The molecule has 0 unspecified atom stereocenters. The van der Waals surface area contributed by atoms with Gasteiger partial charge in [-0.05, 0) is 24.1 Å². The summed E-state index contributed by atoms with van der Waals surface area (Å²) in [4.78, 5) is 4.11. The zero-order chi connectivity index (χ0) is 11.4. The second-order valence-electron chi connectivity index (χ2n) is 3.79. The van der Waals surface area contributed by atoms with Crippen molar-refractivity contribution in [2.75, 3.05) is 6.54 Å². The number of amidine groups is 1. The average molecular weight is 210 g/mol. The van der Waals surface area contributed by atoms with E-state index in [9.17, 15) is 4.39 Å². The first-order valence-electron chi connectivity index (χ1n) is 4.79. The Morgan fingerprint density at radius 3 is 2.73 bits per heavy atom. The summed E-state index contributed by atoms with van der Waals surface area (Å²) in [6, 6.07) is 3.98. The van der Waals surface area contributed by atoms with Crippen LogP contribution in [0.3, 0.4) is 0 Å². The normalized spacial score (nSPS) is 12.1. The molecule has 1 rings (SSSR count). The molecule has 15 heavy (non-hydrogen) atoms. The van der Waals surface area contributed by atoms with Gasteiger partial charge in [0.2, 0.25) is 0 Å². The fourth-order valence-corrected chi connectivity index (χ4v) is 1.04. The minimum absolute atomic E-state index is 0.294. The Bertz CT molecular complexity index is 375. The molecule has 0 atom stereocenters. The Hall–Kier alpha value is -1.58. The number of nitrogens with two attached hydrogens (primary N) is 1. The highest BCUT2D eigenvalue weighted by molar-refractivity contribution is 5.97. The fourth-order valence-electron chi connectivity index (χ4n) is 1.04. The quantitative estimate of drug-likeness (QED) is 0.591. The van der Waals surface area contributed by atoms with E-state index in [4.69, 9.17) is 10.8 Å². The van der Waals surface area contributed by atoms with E-state index in [-0.39, 0.29) is 5.75 Å². The van der Waals surface area contributed by atoms with Crippen LogP contribution in [0.1, 0.15) is 19.4 Å². The summed E-state index contributed by atoms with van der Waals surface area (Å²) in [7, 11) is 0. The van der Waals surface area contributed by atoms with Gasteiger partial charge in [0.1, 0.15) is 5.84 Å². The number of phenols is 1. The minimum Gasteiger partial charge on any atom is -0.505 e. The van der Waals surface area contributed by atoms with Gasteiger partial charge in [-0.25, -0.2) is 4.39 Å². The molecule has 3 nitrogen and oxygen atoms in total. The van der Waals surface area contributed by atoms with E-state index in [1.165, 1.54) is 18.2 Å². The van der Waals surface area contributed by atoms with Gasteiger partial charge in [0, 0.05) is 12.1 Å². The third-order valence-corrected chi connectivity index (χ3v) is 1.87. The fraction of sp³-hybridized carbons (Fsp3) is 0.364. The maximum Gasteiger partial charge on any atom is 0.165 e. The molecule has 0 saturated heterocycles. The number of phenolic OH excluding ortho intramolecular Hbond substituents is 1. The SMILES string of the molecule is CC(C)CN=C(N)c1ccc(O)c(F)c1. The van der Waals surface area contributed by atoms with Crippen LogP contribution in [-0.2, 0) is 0 Å². The van der Waals surface area contributed by atoms with Crippen LogP contribution in [0.25, 0.3) is 0 Å². The van der Waals surface area contributed by atoms with E-state index in [2.05, 4.69) is 4.99 Å². The Balaban J connectivity index is 2.87. The number of aliphatic imine (C=N–C) groups is 1. The van der Waals surface area contributed by atoms with Crippen LogP contribution in [0.15, 0.2) is 23.2 Å². The number of nitrogens with zero attached hydrogens (tertiary/aromatic N) is 1. The van der Waals surface area contributed by atoms with Crippen LogP contribution >= 0.6 is 0 Å². The van der Waals surface area contributed by atoms with Crippen LogP contribution in [0, 0.1) is 11.7 Å². The Morgan fingerprint density at radius 2 is 2.20 bits per heavy atom. The lowest BCUT2D eigenvalue weighted by Gasteiger charge is -2.04. The lowest BCUT2D eigenvalue weighted by atomic mass is 10.2. The third-order valence-electron chi connectivity index (χ3n) is 1.87. The van der Waals surface area contributed by atoms with Crippen molar-refractivity contribution in [1.29, 1.82) is 0 Å². The number of rotatable bonds is 3. The Morgan fingerprint density at radius 1 is 1.53 bits per heavy atom. The average Bonchev–Trinajstić information content (AvgIpc) is 2.18. The summed E-state index contributed by atoms with van der Waals surface area (Å²) >= 11 is 0. The van der Waals surface area contributed by atoms with Crippen LogP contribution in [0.4, 0.5) is 4.39 Å². The molecule has 0 amide bonds. The molecule has 1 aromatic rings. The molecule has 0 radical (unpaired) electrons. The van der Waals surface area contributed by atoms with E-state index in [1.807, 2.05) is 13.8 Å². The second-order valence-corrected chi connectivity index (χ2v) is 3.79. The van der Waals surface area contributed by atoms with Gasteiger partial charge in [-0.3, -0.25) is 4.99 Å². The van der Waals surface area contributed by atoms with Crippen molar-refractivity contribution in [2.24, 2.45) is 16.6 Å². The Kier molecular flexibility index (Phi) is 3.66. The summed E-state index contributed by atoms with van der Waals surface area (Å²) in [6.07, 6.45) is 0. The van der Waals surface area contributed by atoms with Crippen LogP contribution in [-0.4, -0.2) is 17.5 Å². The first-order valence-corrected chi connectivity index (χ1v) is 4.79. The zero-order valence-electron chi connectivity index (χ0n) is 8.87. The summed E-state index contributed by atoms with van der Waals surface area (Å²) in [5.74, 6) is -0.362. The molecule has 0 saturated carbocycles. The van der Waals surface area contributed by atoms with Crippen molar-refractivity contribution in [3.8, 4) is 5.75 Å². The van der Waals surface area contributed by atoms with Gasteiger partial charge in [-0.15, -0.1) is 0 Å². The third kappa shape index (κ3) is 3.23. The first-order chi connectivity index (χ1) is 7.00. The molecule has 0 spiro atoms. The van der Waals surface area contributed by atoms with E-state index < -0.39 is 5.82 Å². The molecule has 4 heteroatoms. The lowest BCUT2D eigenvalue weighted by molar-refractivity contribution is 0.432. The van der Waals surface area contributed by atoms with E-state index in [0.717, 1.165) is 0 Å². The van der Waals surface area contributed by atoms with Crippen molar-refractivity contribution in [2.45, 2.75) is 13.8 Å². The smallest absolute Gasteiger partial charge is 0.165 e. The predicted octanol–water partition coefficient (Wildman–Crippen LogP) is 1.89. The molecule has 0 aliphatic rings. The topological polar surface area (TPSA) is 58.6 Å². The van der Waals surface area contributed by atoms with E-state index in [0.29, 0.717) is 23.9 Å². The predicted molar refractivity (Wildman–Crippen MR) is 58.5 cm³/mol. The summed E-state index contributed by atoms with van der Waals surface area (Å²) in [5, 5.41) is 8.99. The van der Waals surface area contributed by atoms with Crippen molar-refractivity contribution in [3.63, 3.8) is 0 Å². The molecule has 0 aliphatic heterocycles. The van der Waals surface area contributed by atoms with Crippen molar-refractivity contribution < 1.29 is 9.50 Å². The molecule has 0 bridgehead atoms. The number of benzene rings is 1. The number of aromatic hydroxyl groups is 1. The van der Waals surface area contributed by atoms with Crippen LogP contribution in [0.2, 0.25) is 0 Å². The van der Waals surface area contributed by atoms with Crippen molar-refractivity contribution >= 4 is 5.84 Å². The van der Waals surface area contributed by atoms with Gasteiger partial charge in [0.25, 0.3) is 0 Å². The lowest BCUT2D eigenvalue weighted by Crippen LogP contribution is -2.15. The number of halogens is 1. The first kappa shape index (κ1) is 11.5. The minimum atomic E-state index is -0.685.